The third-order valence-electron chi connectivity index (χ3n) is 12.0. The van der Waals surface area contributed by atoms with Crippen LogP contribution in [0.25, 0.3) is 0 Å². The molecule has 1 heterocycles. The van der Waals surface area contributed by atoms with Gasteiger partial charge in [-0.15, -0.1) is 0 Å². The number of hydrogen-bond donors (Lipinski definition) is 0. The van der Waals surface area contributed by atoms with E-state index in [1.807, 2.05) is 0 Å². The topological polar surface area (TPSA) is 21.7 Å². The van der Waals surface area contributed by atoms with E-state index in [0.29, 0.717) is 5.92 Å². The summed E-state index contributed by atoms with van der Waals surface area (Å²) >= 11 is 0. The van der Waals surface area contributed by atoms with Gasteiger partial charge in [-0.2, -0.15) is 0 Å². The van der Waals surface area contributed by atoms with E-state index in [0.717, 1.165) is 73.8 Å². The second kappa shape index (κ2) is 27.5. The van der Waals surface area contributed by atoms with E-state index < -0.39 is 0 Å². The highest BCUT2D eigenvalue weighted by Crippen LogP contribution is 2.38. The van der Waals surface area contributed by atoms with E-state index in [2.05, 4.69) is 88.2 Å². The van der Waals surface area contributed by atoms with Gasteiger partial charge in [0.2, 0.25) is 0 Å². The third kappa shape index (κ3) is 25.5. The van der Waals surface area contributed by atoms with Crippen LogP contribution in [0.1, 0.15) is 210 Å². The zero-order chi connectivity index (χ0) is 36.7. The lowest BCUT2D eigenvalue weighted by atomic mass is 9.87. The molecule has 8 unspecified atom stereocenters. The van der Waals surface area contributed by atoms with Crippen molar-refractivity contribution in [3.63, 3.8) is 0 Å². The summed E-state index contributed by atoms with van der Waals surface area (Å²) in [6.07, 6.45) is 29.7. The monoisotopic (exact) mass is 692 g/mol. The van der Waals surface area contributed by atoms with Gasteiger partial charge in [-0.25, -0.2) is 0 Å². The number of ether oxygens (including phenoxy) is 2. The van der Waals surface area contributed by atoms with Crippen molar-refractivity contribution in [2.45, 2.75) is 222 Å². The molecule has 0 spiro atoms. The lowest BCUT2D eigenvalue weighted by molar-refractivity contribution is -0.187. The van der Waals surface area contributed by atoms with E-state index in [1.165, 1.54) is 122 Å². The van der Waals surface area contributed by atoms with Crippen molar-refractivity contribution in [3.05, 3.63) is 0 Å². The Morgan fingerprint density at radius 2 is 0.837 bits per heavy atom. The fourth-order valence-corrected chi connectivity index (χ4v) is 8.33. The van der Waals surface area contributed by atoms with Crippen LogP contribution in [-0.4, -0.2) is 44.0 Å². The zero-order valence-corrected chi connectivity index (χ0v) is 35.9. The highest BCUT2D eigenvalue weighted by Gasteiger charge is 2.42. The van der Waals surface area contributed by atoms with E-state index in [-0.39, 0.29) is 11.9 Å². The van der Waals surface area contributed by atoms with Gasteiger partial charge in [0.15, 0.2) is 5.79 Å². The molecule has 0 amide bonds. The summed E-state index contributed by atoms with van der Waals surface area (Å²) in [5.74, 6) is 6.26. The molecular weight excluding hydrogens is 599 g/mol. The molecule has 0 saturated carbocycles. The normalized spacial score (nSPS) is 22.2. The van der Waals surface area contributed by atoms with E-state index >= 15 is 0 Å². The highest BCUT2D eigenvalue weighted by molar-refractivity contribution is 4.83. The van der Waals surface area contributed by atoms with Crippen molar-refractivity contribution in [3.8, 4) is 0 Å². The Bertz CT molecular complexity index is 751. The Kier molecular flexibility index (Phi) is 26.3. The van der Waals surface area contributed by atoms with Gasteiger partial charge in [-0.3, -0.25) is 0 Å². The summed E-state index contributed by atoms with van der Waals surface area (Å²) in [7, 11) is 4.33. The average molecular weight is 692 g/mol. The van der Waals surface area contributed by atoms with Gasteiger partial charge in [0.1, 0.15) is 0 Å². The van der Waals surface area contributed by atoms with Crippen LogP contribution < -0.4 is 0 Å². The molecule has 1 fully saturated rings. The Balaban J connectivity index is 2.42. The standard InChI is InChI=1S/C46H93NO2/c1-37(2)19-13-21-39(5)23-15-25-41(7)27-17-29-43(9)31-33-46(48-36-45(49-46)32-34-47(11)12)35-44(10)30-18-28-42(8)26-16-24-40(6)22-14-20-38(3)4/h37-45H,13-36H2,1-12H3. The molecule has 0 aromatic carbocycles. The van der Waals surface area contributed by atoms with Gasteiger partial charge in [-0.1, -0.05) is 185 Å². The average Bonchev–Trinajstić information content (AvgIpc) is 3.41. The molecule has 1 aliphatic heterocycles. The SMILES string of the molecule is CC(C)CCCC(C)CCCC(C)CCCC(C)CCC1(CC(C)CCCC(C)CCCC(C)CCCC(C)C)OCC(CCN(C)C)O1. The number of hydrogen-bond acceptors (Lipinski definition) is 3. The fourth-order valence-electron chi connectivity index (χ4n) is 8.33. The minimum atomic E-state index is -0.360. The smallest absolute Gasteiger partial charge is 0.169 e. The Morgan fingerprint density at radius 1 is 0.490 bits per heavy atom. The largest absolute Gasteiger partial charge is 0.347 e. The highest BCUT2D eigenvalue weighted by atomic mass is 16.7. The Hall–Kier alpha value is -0.120. The Labute approximate surface area is 310 Å². The molecular formula is C46H93NO2. The van der Waals surface area contributed by atoms with Crippen molar-refractivity contribution in [2.75, 3.05) is 27.2 Å². The van der Waals surface area contributed by atoms with Crippen molar-refractivity contribution < 1.29 is 9.47 Å². The van der Waals surface area contributed by atoms with Gasteiger partial charge in [-0.05, 0) is 74.3 Å². The van der Waals surface area contributed by atoms with Crippen LogP contribution in [-0.2, 0) is 9.47 Å². The zero-order valence-electron chi connectivity index (χ0n) is 35.9. The second-order valence-corrected chi connectivity index (χ2v) is 19.3. The fraction of sp³-hybridized carbons (Fsp3) is 1.00. The molecule has 0 aliphatic carbocycles. The van der Waals surface area contributed by atoms with Crippen molar-refractivity contribution in [2.24, 2.45) is 47.3 Å². The van der Waals surface area contributed by atoms with E-state index in [1.54, 1.807) is 0 Å². The predicted octanol–water partition coefficient (Wildman–Crippen LogP) is 14.4. The molecule has 1 aliphatic rings. The van der Waals surface area contributed by atoms with Crippen LogP contribution >= 0.6 is 0 Å². The van der Waals surface area contributed by atoms with Crippen LogP contribution in [0.3, 0.4) is 0 Å². The lowest BCUT2D eigenvalue weighted by Gasteiger charge is -2.32. The molecule has 8 atom stereocenters. The lowest BCUT2D eigenvalue weighted by Crippen LogP contribution is -2.34. The Morgan fingerprint density at radius 3 is 1.20 bits per heavy atom. The first-order chi connectivity index (χ1) is 23.2. The molecule has 0 aromatic heterocycles. The third-order valence-corrected chi connectivity index (χ3v) is 12.0. The summed E-state index contributed by atoms with van der Waals surface area (Å²) in [4.78, 5) is 2.28. The van der Waals surface area contributed by atoms with Crippen LogP contribution in [0.5, 0.6) is 0 Å². The molecule has 3 nitrogen and oxygen atoms in total. The molecule has 49 heavy (non-hydrogen) atoms. The van der Waals surface area contributed by atoms with E-state index in [4.69, 9.17) is 9.47 Å². The van der Waals surface area contributed by atoms with Crippen molar-refractivity contribution in [1.29, 1.82) is 0 Å². The van der Waals surface area contributed by atoms with Crippen LogP contribution in [0.4, 0.5) is 0 Å². The first-order valence-electron chi connectivity index (χ1n) is 22.2. The van der Waals surface area contributed by atoms with Crippen molar-refractivity contribution in [1.82, 2.24) is 4.90 Å². The number of nitrogens with zero attached hydrogens (tertiary/aromatic N) is 1. The quantitative estimate of drug-likeness (QED) is 0.0701. The summed E-state index contributed by atoms with van der Waals surface area (Å²) in [6, 6.07) is 0. The molecule has 294 valence electrons. The maximum Gasteiger partial charge on any atom is 0.169 e. The number of rotatable bonds is 32. The molecule has 3 heteroatoms. The summed E-state index contributed by atoms with van der Waals surface area (Å²) < 4.78 is 13.5. The maximum absolute atomic E-state index is 6.86. The molecule has 1 saturated heterocycles. The minimum Gasteiger partial charge on any atom is -0.347 e. The second-order valence-electron chi connectivity index (χ2n) is 19.3. The van der Waals surface area contributed by atoms with E-state index in [9.17, 15) is 0 Å². The minimum absolute atomic E-state index is 0.247. The molecule has 0 N–H and O–H groups in total. The molecule has 1 rings (SSSR count). The van der Waals surface area contributed by atoms with Crippen LogP contribution in [0, 0.1) is 47.3 Å². The van der Waals surface area contributed by atoms with Crippen molar-refractivity contribution >= 4 is 0 Å². The van der Waals surface area contributed by atoms with Gasteiger partial charge in [0.05, 0.1) is 12.7 Å². The first-order valence-corrected chi connectivity index (χ1v) is 22.2. The molecule has 0 bridgehead atoms. The van der Waals surface area contributed by atoms with Crippen LogP contribution in [0.2, 0.25) is 0 Å². The van der Waals surface area contributed by atoms with Gasteiger partial charge < -0.3 is 14.4 Å². The van der Waals surface area contributed by atoms with Crippen LogP contribution in [0.15, 0.2) is 0 Å². The van der Waals surface area contributed by atoms with Gasteiger partial charge in [0, 0.05) is 19.4 Å². The summed E-state index contributed by atoms with van der Waals surface area (Å²) in [6.45, 7) is 26.1. The predicted molar refractivity (Wildman–Crippen MR) is 218 cm³/mol. The van der Waals surface area contributed by atoms with Gasteiger partial charge >= 0.3 is 0 Å². The maximum atomic E-state index is 6.86. The first kappa shape index (κ1) is 46.9. The summed E-state index contributed by atoms with van der Waals surface area (Å²) in [5, 5.41) is 0. The summed E-state index contributed by atoms with van der Waals surface area (Å²) in [5.41, 5.74) is 0. The molecule has 0 aromatic rings. The van der Waals surface area contributed by atoms with Gasteiger partial charge in [0.25, 0.3) is 0 Å². The molecule has 0 radical (unpaired) electrons.